The minimum atomic E-state index is -8.01. The van der Waals surface area contributed by atoms with Crippen molar-refractivity contribution < 1.29 is 76.6 Å². The molecule has 0 heterocycles. The normalized spacial score (nSPS) is 16.5. The average Bonchev–Trinajstić information content (AvgIpc) is 2.41. The number of rotatable bonds is 10. The van der Waals surface area contributed by atoms with Gasteiger partial charge in [-0.25, -0.2) is 0 Å². The van der Waals surface area contributed by atoms with Crippen LogP contribution in [0.5, 0.6) is 0 Å². The molecule has 180 valence electrons. The predicted molar refractivity (Wildman–Crippen MR) is 68.3 cm³/mol. The van der Waals surface area contributed by atoms with Gasteiger partial charge in [-0.1, -0.05) is 0 Å². The van der Waals surface area contributed by atoms with Crippen molar-refractivity contribution in [2.75, 3.05) is 27.2 Å². The standard InChI is InChI=1S/C13H14F13NO3/c1-27(2,5-7(29)30)4-6(28)3-8(14,15)9(16,17)10(18,19)11(20,21)12(22,23)13(24,25)26/h6,28H,3-5H2,1-2H3. The van der Waals surface area contributed by atoms with Crippen LogP contribution in [0.3, 0.4) is 0 Å². The summed E-state index contributed by atoms with van der Waals surface area (Å²) in [6.07, 6.45) is -13.1. The predicted octanol–water partition coefficient (Wildman–Crippen LogP) is 2.30. The highest BCUT2D eigenvalue weighted by atomic mass is 19.4. The Morgan fingerprint density at radius 3 is 1.50 bits per heavy atom. The lowest BCUT2D eigenvalue weighted by Crippen LogP contribution is -2.70. The first kappa shape index (κ1) is 28.5. The Balaban J connectivity index is 5.94. The van der Waals surface area contributed by atoms with Gasteiger partial charge in [0.25, 0.3) is 0 Å². The van der Waals surface area contributed by atoms with Gasteiger partial charge < -0.3 is 19.5 Å². The lowest BCUT2D eigenvalue weighted by atomic mass is 9.91. The molecule has 0 saturated heterocycles. The van der Waals surface area contributed by atoms with Gasteiger partial charge in [-0.2, -0.15) is 57.1 Å². The van der Waals surface area contributed by atoms with Crippen molar-refractivity contribution in [3.63, 3.8) is 0 Å². The fourth-order valence-electron chi connectivity index (χ4n) is 2.28. The fourth-order valence-corrected chi connectivity index (χ4v) is 2.28. The van der Waals surface area contributed by atoms with Gasteiger partial charge in [0.2, 0.25) is 0 Å². The molecule has 0 bridgehead atoms. The lowest BCUT2D eigenvalue weighted by molar-refractivity contribution is -0.888. The molecule has 1 N–H and O–H groups in total. The molecule has 4 nitrogen and oxygen atoms in total. The van der Waals surface area contributed by atoms with Crippen LogP contribution < -0.4 is 5.11 Å². The van der Waals surface area contributed by atoms with Crippen molar-refractivity contribution in [3.8, 4) is 0 Å². The molecule has 0 aromatic carbocycles. The van der Waals surface area contributed by atoms with Gasteiger partial charge in [-0.3, -0.25) is 0 Å². The summed E-state index contributed by atoms with van der Waals surface area (Å²) in [5.74, 6) is -39.5. The highest BCUT2D eigenvalue weighted by Crippen LogP contribution is 2.60. The Kier molecular flexibility index (Phi) is 7.47. The molecule has 1 unspecified atom stereocenters. The van der Waals surface area contributed by atoms with E-state index in [0.717, 1.165) is 14.1 Å². The van der Waals surface area contributed by atoms with E-state index in [1.54, 1.807) is 0 Å². The minimum absolute atomic E-state index is 0.905. The smallest absolute Gasteiger partial charge is 0.460 e. The van der Waals surface area contributed by atoms with Gasteiger partial charge in [0.1, 0.15) is 19.2 Å². The number of alkyl halides is 13. The Bertz CT molecular complexity index is 630. The molecular weight excluding hydrogens is 465 g/mol. The third kappa shape index (κ3) is 5.03. The highest BCUT2D eigenvalue weighted by Gasteiger charge is 2.90. The number of carboxylic acid groups (broad SMARTS) is 1. The molecule has 0 saturated carbocycles. The van der Waals surface area contributed by atoms with Gasteiger partial charge in [-0.15, -0.1) is 0 Å². The van der Waals surface area contributed by atoms with Gasteiger partial charge in [0.05, 0.1) is 20.1 Å². The number of carbonyl (C=O) groups excluding carboxylic acids is 1. The van der Waals surface area contributed by atoms with Crippen LogP contribution in [-0.2, 0) is 4.79 Å². The quantitative estimate of drug-likeness (QED) is 0.387. The van der Waals surface area contributed by atoms with E-state index in [2.05, 4.69) is 0 Å². The number of carbonyl (C=O) groups is 1. The van der Waals surface area contributed by atoms with Crippen molar-refractivity contribution in [2.45, 2.75) is 48.3 Å². The van der Waals surface area contributed by atoms with E-state index in [-0.39, 0.29) is 0 Å². The number of nitrogens with zero attached hydrogens (tertiary/aromatic N) is 1. The van der Waals surface area contributed by atoms with Gasteiger partial charge in [0.15, 0.2) is 0 Å². The zero-order chi connectivity index (χ0) is 24.8. The largest absolute Gasteiger partial charge is 0.544 e. The number of likely N-dealkylation sites (N-methyl/N-ethyl adjacent to an activating group) is 1. The van der Waals surface area contributed by atoms with E-state index >= 15 is 0 Å². The van der Waals surface area contributed by atoms with E-state index < -0.39 is 71.9 Å². The first-order chi connectivity index (χ1) is 12.8. The second-order valence-electron chi connectivity index (χ2n) is 7.01. The summed E-state index contributed by atoms with van der Waals surface area (Å²) in [5, 5.41) is 19.8. The summed E-state index contributed by atoms with van der Waals surface area (Å²) in [4.78, 5) is 10.4. The van der Waals surface area contributed by atoms with E-state index in [1.165, 1.54) is 0 Å². The zero-order valence-electron chi connectivity index (χ0n) is 14.8. The van der Waals surface area contributed by atoms with E-state index in [9.17, 15) is 72.1 Å². The Hall–Kier alpha value is -1.52. The van der Waals surface area contributed by atoms with Crippen LogP contribution in [0.4, 0.5) is 57.1 Å². The van der Waals surface area contributed by atoms with Crippen molar-refractivity contribution in [1.29, 1.82) is 0 Å². The van der Waals surface area contributed by atoms with Crippen molar-refractivity contribution in [1.82, 2.24) is 0 Å². The SMILES string of the molecule is C[N+](C)(CC(=O)[O-])CC(O)CC(F)(F)C(F)(F)C(F)(F)C(F)(F)C(F)(F)C(F)(F)F. The maximum Gasteiger partial charge on any atom is 0.460 e. The van der Waals surface area contributed by atoms with Crippen LogP contribution in [0.1, 0.15) is 6.42 Å². The summed E-state index contributed by atoms with van der Waals surface area (Å²) in [5.41, 5.74) is 0. The maximum atomic E-state index is 13.6. The molecule has 17 heteroatoms. The number of aliphatic hydroxyl groups excluding tert-OH is 1. The Labute approximate surface area is 159 Å². The van der Waals surface area contributed by atoms with E-state index in [1.807, 2.05) is 0 Å². The monoisotopic (exact) mass is 479 g/mol. The van der Waals surface area contributed by atoms with Crippen LogP contribution in [0, 0.1) is 0 Å². The van der Waals surface area contributed by atoms with Crippen LogP contribution in [0.15, 0.2) is 0 Å². The summed E-state index contributed by atoms with van der Waals surface area (Å²) >= 11 is 0. The topological polar surface area (TPSA) is 60.4 Å². The number of carboxylic acids is 1. The molecule has 30 heavy (non-hydrogen) atoms. The molecule has 0 aliphatic heterocycles. The lowest BCUT2D eigenvalue weighted by Gasteiger charge is -2.40. The molecule has 0 radical (unpaired) electrons. The van der Waals surface area contributed by atoms with Gasteiger partial charge in [0, 0.05) is 6.42 Å². The summed E-state index contributed by atoms with van der Waals surface area (Å²) in [7, 11) is 1.81. The number of hydrogen-bond acceptors (Lipinski definition) is 3. The van der Waals surface area contributed by atoms with Crippen molar-refractivity contribution in [2.24, 2.45) is 0 Å². The van der Waals surface area contributed by atoms with Crippen molar-refractivity contribution >= 4 is 5.97 Å². The molecule has 1 atom stereocenters. The number of hydrogen-bond donors (Lipinski definition) is 1. The zero-order valence-corrected chi connectivity index (χ0v) is 14.8. The third-order valence-corrected chi connectivity index (χ3v) is 3.75. The molecule has 0 aliphatic carbocycles. The molecule has 0 amide bonds. The molecular formula is C13H14F13NO3. The highest BCUT2D eigenvalue weighted by molar-refractivity contribution is 5.65. The summed E-state index contributed by atoms with van der Waals surface area (Å²) in [6.45, 7) is -2.20. The third-order valence-electron chi connectivity index (χ3n) is 3.75. The molecule has 0 spiro atoms. The Morgan fingerprint density at radius 1 is 0.800 bits per heavy atom. The second-order valence-corrected chi connectivity index (χ2v) is 7.01. The maximum absolute atomic E-state index is 13.6. The number of aliphatic carboxylic acids is 1. The van der Waals surface area contributed by atoms with Crippen LogP contribution in [0.2, 0.25) is 0 Å². The summed E-state index contributed by atoms with van der Waals surface area (Å²) in [6, 6.07) is 0. The Morgan fingerprint density at radius 2 is 1.17 bits per heavy atom. The van der Waals surface area contributed by atoms with E-state index in [0.29, 0.717) is 0 Å². The van der Waals surface area contributed by atoms with Crippen molar-refractivity contribution in [3.05, 3.63) is 0 Å². The van der Waals surface area contributed by atoms with Crippen LogP contribution >= 0.6 is 0 Å². The number of aliphatic hydroxyl groups is 1. The number of quaternary nitrogens is 1. The minimum Gasteiger partial charge on any atom is -0.544 e. The molecule has 0 aromatic heterocycles. The molecule has 0 fully saturated rings. The second kappa shape index (κ2) is 7.87. The first-order valence-corrected chi connectivity index (χ1v) is 7.42. The van der Waals surface area contributed by atoms with Crippen LogP contribution in [-0.4, -0.2) is 84.6 Å². The molecule has 0 aliphatic rings. The van der Waals surface area contributed by atoms with E-state index in [4.69, 9.17) is 0 Å². The fraction of sp³-hybridized carbons (Fsp3) is 0.923. The first-order valence-electron chi connectivity index (χ1n) is 7.42. The molecule has 0 aromatic rings. The number of halogens is 13. The van der Waals surface area contributed by atoms with Gasteiger partial charge >= 0.3 is 35.8 Å². The molecule has 0 rings (SSSR count). The average molecular weight is 479 g/mol. The van der Waals surface area contributed by atoms with Crippen LogP contribution in [0.25, 0.3) is 0 Å². The van der Waals surface area contributed by atoms with Gasteiger partial charge in [-0.05, 0) is 0 Å². The summed E-state index contributed by atoms with van der Waals surface area (Å²) < 4.78 is 167.